The van der Waals surface area contributed by atoms with Gasteiger partial charge in [0.1, 0.15) is 23.7 Å². The largest absolute Gasteiger partial charge is 0.480 e. The van der Waals surface area contributed by atoms with Crippen LogP contribution in [0.1, 0.15) is 12.8 Å². The monoisotopic (exact) mass is 416 g/mol. The fourth-order valence-corrected chi connectivity index (χ4v) is 4.57. The van der Waals surface area contributed by atoms with Crippen molar-refractivity contribution in [2.24, 2.45) is 11.8 Å². The number of alkyl halides is 2. The lowest BCUT2D eigenvalue weighted by atomic mass is 10.0. The van der Waals surface area contributed by atoms with Crippen LogP contribution in [0.3, 0.4) is 0 Å². The molecule has 4 heterocycles. The summed E-state index contributed by atoms with van der Waals surface area (Å²) < 4.78 is 31.7. The molecule has 30 heavy (non-hydrogen) atoms. The standard InChI is InChI=1S/C19H22F2N8O/c1-30-18-7-23-17(6-24-18)28-8-11-2-13(3-12(11)9-28)26-16-5-22-14-4-25-29(10-15(20)21)19(14)27-16/h4-7,11-13,15H,2-3,8-10H2,1H3,(H,26,27)/t11-,12+,13?. The Balaban J connectivity index is 1.22. The van der Waals surface area contributed by atoms with Gasteiger partial charge in [0.2, 0.25) is 5.88 Å². The molecule has 1 N–H and O–H groups in total. The molecule has 0 spiro atoms. The molecular weight excluding hydrogens is 394 g/mol. The summed E-state index contributed by atoms with van der Waals surface area (Å²) in [7, 11) is 1.58. The number of fused-ring (bicyclic) bond motifs is 2. The summed E-state index contributed by atoms with van der Waals surface area (Å²) in [6, 6.07) is 0.280. The fraction of sp³-hybridized carbons (Fsp3) is 0.526. The number of nitrogens with one attached hydrogen (secondary N) is 1. The summed E-state index contributed by atoms with van der Waals surface area (Å²) in [4.78, 5) is 19.7. The Bertz CT molecular complexity index is 1010. The number of halogens is 2. The van der Waals surface area contributed by atoms with Crippen molar-refractivity contribution in [1.29, 1.82) is 0 Å². The predicted molar refractivity (Wildman–Crippen MR) is 106 cm³/mol. The molecule has 3 aromatic rings. The van der Waals surface area contributed by atoms with E-state index in [9.17, 15) is 8.78 Å². The average Bonchev–Trinajstić information content (AvgIpc) is 3.41. The summed E-state index contributed by atoms with van der Waals surface area (Å²) in [5.74, 6) is 3.11. The highest BCUT2D eigenvalue weighted by Crippen LogP contribution is 2.40. The van der Waals surface area contributed by atoms with Gasteiger partial charge in [-0.15, -0.1) is 0 Å². The molecule has 3 atom stereocenters. The highest BCUT2D eigenvalue weighted by molar-refractivity contribution is 5.71. The number of anilines is 2. The molecule has 0 bridgehead atoms. The van der Waals surface area contributed by atoms with Gasteiger partial charge in [-0.05, 0) is 24.7 Å². The van der Waals surface area contributed by atoms with Gasteiger partial charge in [-0.1, -0.05) is 0 Å². The van der Waals surface area contributed by atoms with Gasteiger partial charge in [0.15, 0.2) is 5.65 Å². The van der Waals surface area contributed by atoms with E-state index >= 15 is 0 Å². The Morgan fingerprint density at radius 2 is 1.90 bits per heavy atom. The first kappa shape index (κ1) is 18.9. The molecule has 3 aromatic heterocycles. The molecular formula is C19H22F2N8O. The minimum atomic E-state index is -2.49. The lowest BCUT2D eigenvalue weighted by Gasteiger charge is -2.20. The zero-order valence-corrected chi connectivity index (χ0v) is 16.4. The second-order valence-electron chi connectivity index (χ2n) is 7.84. The number of hydrogen-bond acceptors (Lipinski definition) is 8. The predicted octanol–water partition coefficient (Wildman–Crippen LogP) is 2.22. The Kier molecular flexibility index (Phi) is 4.80. The second kappa shape index (κ2) is 7.62. The SMILES string of the molecule is COc1cnc(N2C[C@H]3CC(Nc4cnc5cnn(CC(F)F)c5n4)C[C@H]3C2)cn1. The molecule has 2 aliphatic rings. The van der Waals surface area contributed by atoms with Crippen molar-refractivity contribution in [3.63, 3.8) is 0 Å². The van der Waals surface area contributed by atoms with Gasteiger partial charge in [-0.25, -0.2) is 33.4 Å². The van der Waals surface area contributed by atoms with Crippen LogP contribution in [0.2, 0.25) is 0 Å². The first-order valence-electron chi connectivity index (χ1n) is 9.93. The lowest BCUT2D eigenvalue weighted by molar-refractivity contribution is 0.123. The number of aromatic nitrogens is 6. The minimum Gasteiger partial charge on any atom is -0.480 e. The van der Waals surface area contributed by atoms with Crippen molar-refractivity contribution in [1.82, 2.24) is 29.7 Å². The maximum Gasteiger partial charge on any atom is 0.258 e. The van der Waals surface area contributed by atoms with Gasteiger partial charge in [0, 0.05) is 19.1 Å². The average molecular weight is 416 g/mol. The van der Waals surface area contributed by atoms with E-state index in [1.807, 2.05) is 0 Å². The third-order valence-electron chi connectivity index (χ3n) is 5.91. The van der Waals surface area contributed by atoms with Crippen LogP contribution in [-0.2, 0) is 6.54 Å². The molecule has 1 aliphatic carbocycles. The fourth-order valence-electron chi connectivity index (χ4n) is 4.57. The molecule has 1 aliphatic heterocycles. The number of rotatable bonds is 6. The van der Waals surface area contributed by atoms with Crippen LogP contribution in [0.15, 0.2) is 24.8 Å². The van der Waals surface area contributed by atoms with Crippen LogP contribution < -0.4 is 15.0 Å². The van der Waals surface area contributed by atoms with Crippen molar-refractivity contribution in [3.05, 3.63) is 24.8 Å². The Hall–Kier alpha value is -3.11. The third-order valence-corrected chi connectivity index (χ3v) is 5.91. The van der Waals surface area contributed by atoms with Crippen LogP contribution in [0, 0.1) is 11.8 Å². The highest BCUT2D eigenvalue weighted by atomic mass is 19.3. The van der Waals surface area contributed by atoms with Crippen LogP contribution in [0.4, 0.5) is 20.4 Å². The molecule has 1 saturated heterocycles. The Morgan fingerprint density at radius 1 is 1.10 bits per heavy atom. The van der Waals surface area contributed by atoms with Gasteiger partial charge < -0.3 is 15.0 Å². The van der Waals surface area contributed by atoms with E-state index in [0.717, 1.165) is 31.7 Å². The van der Waals surface area contributed by atoms with E-state index in [0.29, 0.717) is 34.7 Å². The summed E-state index contributed by atoms with van der Waals surface area (Å²) in [5, 5.41) is 7.40. The van der Waals surface area contributed by atoms with Gasteiger partial charge >= 0.3 is 0 Å². The van der Waals surface area contributed by atoms with Crippen LogP contribution in [0.25, 0.3) is 11.2 Å². The molecule has 1 unspecified atom stereocenters. The molecule has 158 valence electrons. The van der Waals surface area contributed by atoms with Gasteiger partial charge in [0.05, 0.1) is 31.9 Å². The number of ether oxygens (including phenoxy) is 1. The number of methoxy groups -OCH3 is 1. The molecule has 0 amide bonds. The van der Waals surface area contributed by atoms with Crippen molar-refractivity contribution < 1.29 is 13.5 Å². The van der Waals surface area contributed by atoms with Crippen LogP contribution in [-0.4, -0.2) is 62.4 Å². The molecule has 0 radical (unpaired) electrons. The molecule has 9 nitrogen and oxygen atoms in total. The first-order chi connectivity index (χ1) is 14.6. The van der Waals surface area contributed by atoms with E-state index in [2.05, 4.69) is 35.3 Å². The second-order valence-corrected chi connectivity index (χ2v) is 7.84. The maximum atomic E-state index is 12.7. The zero-order valence-electron chi connectivity index (χ0n) is 16.4. The topological polar surface area (TPSA) is 93.9 Å². The van der Waals surface area contributed by atoms with Crippen molar-refractivity contribution in [2.75, 3.05) is 30.4 Å². The molecule has 1 saturated carbocycles. The molecule has 11 heteroatoms. The van der Waals surface area contributed by atoms with Crippen molar-refractivity contribution in [3.8, 4) is 5.88 Å². The third kappa shape index (κ3) is 3.59. The summed E-state index contributed by atoms with van der Waals surface area (Å²) in [5.41, 5.74) is 0.892. The lowest BCUT2D eigenvalue weighted by Crippen LogP contribution is -2.26. The van der Waals surface area contributed by atoms with E-state index in [4.69, 9.17) is 4.74 Å². The summed E-state index contributed by atoms with van der Waals surface area (Å²) in [6.07, 6.45) is 6.04. The Labute approximate surface area is 171 Å². The number of nitrogens with zero attached hydrogens (tertiary/aromatic N) is 7. The smallest absolute Gasteiger partial charge is 0.258 e. The van der Waals surface area contributed by atoms with Crippen LogP contribution in [0.5, 0.6) is 5.88 Å². The zero-order chi connectivity index (χ0) is 20.7. The van der Waals surface area contributed by atoms with E-state index in [1.54, 1.807) is 25.7 Å². The summed E-state index contributed by atoms with van der Waals surface area (Å²) >= 11 is 0. The van der Waals surface area contributed by atoms with Crippen LogP contribution >= 0.6 is 0 Å². The van der Waals surface area contributed by atoms with Gasteiger partial charge in [-0.3, -0.25) is 0 Å². The van der Waals surface area contributed by atoms with E-state index < -0.39 is 13.0 Å². The van der Waals surface area contributed by atoms with Gasteiger partial charge in [0.25, 0.3) is 6.43 Å². The van der Waals surface area contributed by atoms with E-state index in [-0.39, 0.29) is 6.04 Å². The molecule has 2 fully saturated rings. The minimum absolute atomic E-state index is 0.280. The summed E-state index contributed by atoms with van der Waals surface area (Å²) in [6.45, 7) is 1.39. The van der Waals surface area contributed by atoms with Crippen molar-refractivity contribution in [2.45, 2.75) is 31.9 Å². The number of hydrogen-bond donors (Lipinski definition) is 1. The first-order valence-corrected chi connectivity index (χ1v) is 9.93. The highest BCUT2D eigenvalue weighted by Gasteiger charge is 2.41. The van der Waals surface area contributed by atoms with E-state index in [1.165, 1.54) is 10.9 Å². The molecule has 0 aromatic carbocycles. The maximum absolute atomic E-state index is 12.7. The molecule has 5 rings (SSSR count). The van der Waals surface area contributed by atoms with Crippen molar-refractivity contribution >= 4 is 22.8 Å². The van der Waals surface area contributed by atoms with Gasteiger partial charge in [-0.2, -0.15) is 5.10 Å². The Morgan fingerprint density at radius 3 is 2.57 bits per heavy atom. The normalized spacial score (nSPS) is 23.3. The quantitative estimate of drug-likeness (QED) is 0.654.